The smallest absolute Gasteiger partial charge is 0.274 e. The Bertz CT molecular complexity index is 1130. The molecule has 2 radical (unpaired) electrons. The van der Waals surface area contributed by atoms with Gasteiger partial charge in [-0.2, -0.15) is 5.10 Å². The highest BCUT2D eigenvalue weighted by atomic mass is 35.5. The summed E-state index contributed by atoms with van der Waals surface area (Å²) in [7, 11) is 5.82. The summed E-state index contributed by atoms with van der Waals surface area (Å²) in [6.07, 6.45) is 1.53. The molecule has 2 N–H and O–H groups in total. The van der Waals surface area contributed by atoms with Gasteiger partial charge in [0.15, 0.2) is 5.82 Å². The Balaban J connectivity index is 2.02. The van der Waals surface area contributed by atoms with Gasteiger partial charge in [-0.1, -0.05) is 23.2 Å². The molecule has 3 rings (SSSR count). The van der Waals surface area contributed by atoms with Crippen molar-refractivity contribution in [3.63, 3.8) is 0 Å². The Kier molecular flexibility index (Phi) is 6.48. The summed E-state index contributed by atoms with van der Waals surface area (Å²) in [4.78, 5) is 29.9. The highest BCUT2D eigenvalue weighted by molar-refractivity contribution is 6.33. The van der Waals surface area contributed by atoms with Crippen molar-refractivity contribution in [1.29, 1.82) is 0 Å². The van der Waals surface area contributed by atoms with Gasteiger partial charge in [-0.15, -0.1) is 0 Å². The summed E-state index contributed by atoms with van der Waals surface area (Å²) >= 11 is 12.3. The van der Waals surface area contributed by atoms with Crippen molar-refractivity contribution in [3.8, 4) is 5.82 Å². The molecule has 0 aliphatic rings. The molecule has 0 aliphatic carbocycles. The highest BCUT2D eigenvalue weighted by Gasteiger charge is 2.22. The fourth-order valence-electron chi connectivity index (χ4n) is 2.86. The first kappa shape index (κ1) is 21.9. The van der Waals surface area contributed by atoms with Gasteiger partial charge < -0.3 is 10.6 Å². The van der Waals surface area contributed by atoms with Crippen molar-refractivity contribution in [2.45, 2.75) is 26.8 Å². The molecule has 2 heterocycles. The van der Waals surface area contributed by atoms with E-state index >= 15 is 0 Å². The van der Waals surface area contributed by atoms with Crippen molar-refractivity contribution >= 4 is 54.1 Å². The lowest BCUT2D eigenvalue weighted by molar-refractivity contribution is 0.0944. The summed E-state index contributed by atoms with van der Waals surface area (Å²) < 4.78 is 1.26. The van der Waals surface area contributed by atoms with E-state index < -0.39 is 5.91 Å². The van der Waals surface area contributed by atoms with Crippen molar-refractivity contribution in [1.82, 2.24) is 20.1 Å². The lowest BCUT2D eigenvalue weighted by atomic mass is 10.0. The fourth-order valence-corrected chi connectivity index (χ4v) is 3.34. The average Bonchev–Trinajstić information content (AvgIpc) is 3.05. The number of amides is 2. The van der Waals surface area contributed by atoms with Crippen LogP contribution < -0.4 is 16.2 Å². The zero-order valence-electron chi connectivity index (χ0n) is 16.5. The number of benzene rings is 1. The first-order valence-electron chi connectivity index (χ1n) is 9.06. The number of nitrogens with one attached hydrogen (secondary N) is 2. The third-order valence-corrected chi connectivity index (χ3v) is 4.62. The maximum Gasteiger partial charge on any atom is 0.274 e. The van der Waals surface area contributed by atoms with Gasteiger partial charge >= 0.3 is 0 Å². The molecule has 7 nitrogen and oxygen atoms in total. The summed E-state index contributed by atoms with van der Waals surface area (Å²) in [5.41, 5.74) is 1.43. The minimum atomic E-state index is -0.537. The fraction of sp³-hybridized carbons (Fsp3) is 0.200. The van der Waals surface area contributed by atoms with E-state index in [1.165, 1.54) is 23.0 Å². The zero-order chi connectivity index (χ0) is 22.0. The van der Waals surface area contributed by atoms with Crippen LogP contribution in [0, 0.1) is 6.92 Å². The third kappa shape index (κ3) is 4.66. The number of nitrogens with zero attached hydrogens (tertiary/aromatic N) is 3. The van der Waals surface area contributed by atoms with Crippen LogP contribution in [0.3, 0.4) is 0 Å². The second-order valence-corrected chi connectivity index (χ2v) is 7.75. The SMILES string of the molecule is [B]c1cc(C(=O)Nc2c(C)cc(Cl)cc2C(=O)NC(C)C)n(-c2ncccc2Cl)n1. The van der Waals surface area contributed by atoms with Crippen molar-refractivity contribution in [2.24, 2.45) is 0 Å². The molecule has 0 fully saturated rings. The van der Waals surface area contributed by atoms with E-state index in [0.717, 1.165) is 0 Å². The maximum absolute atomic E-state index is 13.1. The molecule has 2 amide bonds. The molecule has 0 spiro atoms. The lowest BCUT2D eigenvalue weighted by Crippen LogP contribution is -2.31. The number of pyridine rings is 1. The lowest BCUT2D eigenvalue weighted by Gasteiger charge is -2.16. The van der Waals surface area contributed by atoms with Crippen LogP contribution in [0.5, 0.6) is 0 Å². The molecule has 0 unspecified atom stereocenters. The van der Waals surface area contributed by atoms with Crippen LogP contribution in [-0.4, -0.2) is 40.5 Å². The molecule has 0 saturated carbocycles. The van der Waals surface area contributed by atoms with Crippen molar-refractivity contribution in [3.05, 3.63) is 63.4 Å². The predicted octanol–water partition coefficient (Wildman–Crippen LogP) is 3.07. The Morgan fingerprint density at radius 3 is 2.57 bits per heavy atom. The number of carbonyl (C=O) groups is 2. The number of hydrogen-bond acceptors (Lipinski definition) is 4. The Morgan fingerprint density at radius 1 is 1.17 bits per heavy atom. The number of anilines is 1. The molecule has 1 aromatic carbocycles. The first-order chi connectivity index (χ1) is 14.2. The van der Waals surface area contributed by atoms with E-state index in [4.69, 9.17) is 31.0 Å². The Labute approximate surface area is 185 Å². The van der Waals surface area contributed by atoms with E-state index in [1.54, 1.807) is 25.1 Å². The molecule has 0 atom stereocenters. The highest BCUT2D eigenvalue weighted by Crippen LogP contribution is 2.27. The molecular formula is C20H18BCl2N5O2. The number of rotatable bonds is 5. The minimum absolute atomic E-state index is 0.0899. The Hall–Kier alpha value is -2.84. The topological polar surface area (TPSA) is 88.9 Å². The van der Waals surface area contributed by atoms with Gasteiger partial charge in [-0.25, -0.2) is 9.67 Å². The molecule has 10 heteroatoms. The van der Waals surface area contributed by atoms with Crippen molar-refractivity contribution in [2.75, 3.05) is 5.32 Å². The third-order valence-electron chi connectivity index (χ3n) is 4.10. The standard InChI is InChI=1S/C20H18BCl2N5O2/c1-10(2)25-19(29)13-8-12(22)7-11(3)17(13)26-20(30)15-9-16(21)27-28(15)18-14(23)5-4-6-24-18/h4-10H,1-3H3,(H,25,29)(H,26,30). The van der Waals surface area contributed by atoms with Gasteiger partial charge in [-0.3, -0.25) is 9.59 Å². The molecular weight excluding hydrogens is 424 g/mol. The molecule has 3 aromatic rings. The summed E-state index contributed by atoms with van der Waals surface area (Å²) in [6, 6.07) is 7.76. The number of carbonyl (C=O) groups excluding carboxylic acids is 2. The van der Waals surface area contributed by atoms with Gasteiger partial charge in [-0.05, 0) is 56.7 Å². The molecule has 0 saturated heterocycles. The van der Waals surface area contributed by atoms with Crippen LogP contribution in [-0.2, 0) is 0 Å². The van der Waals surface area contributed by atoms with Crippen LogP contribution in [0.2, 0.25) is 10.0 Å². The van der Waals surface area contributed by atoms with E-state index in [0.29, 0.717) is 21.3 Å². The number of aryl methyl sites for hydroxylation is 1. The second kappa shape index (κ2) is 8.89. The average molecular weight is 442 g/mol. The van der Waals surface area contributed by atoms with E-state index in [2.05, 4.69) is 20.7 Å². The first-order valence-corrected chi connectivity index (χ1v) is 9.81. The minimum Gasteiger partial charge on any atom is -0.350 e. The molecule has 152 valence electrons. The van der Waals surface area contributed by atoms with Gasteiger partial charge in [0.05, 0.1) is 16.3 Å². The molecule has 30 heavy (non-hydrogen) atoms. The van der Waals surface area contributed by atoms with E-state index in [-0.39, 0.29) is 34.6 Å². The second-order valence-electron chi connectivity index (χ2n) is 6.90. The van der Waals surface area contributed by atoms with Gasteiger partial charge in [0.25, 0.3) is 11.8 Å². The number of hydrogen-bond donors (Lipinski definition) is 2. The maximum atomic E-state index is 13.1. The molecule has 0 bridgehead atoms. The van der Waals surface area contributed by atoms with Gasteiger partial charge in [0.2, 0.25) is 0 Å². The number of aromatic nitrogens is 3. The summed E-state index contributed by atoms with van der Waals surface area (Å²) in [5, 5.41) is 10.4. The molecule has 0 aliphatic heterocycles. The normalized spacial score (nSPS) is 10.9. The van der Waals surface area contributed by atoms with E-state index in [1.807, 2.05) is 13.8 Å². The van der Waals surface area contributed by atoms with Crippen LogP contribution in [0.25, 0.3) is 5.82 Å². The number of halogens is 2. The monoisotopic (exact) mass is 441 g/mol. The predicted molar refractivity (Wildman–Crippen MR) is 119 cm³/mol. The summed E-state index contributed by atoms with van der Waals surface area (Å²) in [5.74, 6) is -0.636. The van der Waals surface area contributed by atoms with Gasteiger partial charge in [0, 0.05) is 22.9 Å². The summed E-state index contributed by atoms with van der Waals surface area (Å²) in [6.45, 7) is 5.42. The molecule has 2 aromatic heterocycles. The van der Waals surface area contributed by atoms with Crippen LogP contribution in [0.4, 0.5) is 5.69 Å². The van der Waals surface area contributed by atoms with E-state index in [9.17, 15) is 9.59 Å². The zero-order valence-corrected chi connectivity index (χ0v) is 18.0. The van der Waals surface area contributed by atoms with Crippen LogP contribution in [0.15, 0.2) is 36.5 Å². The van der Waals surface area contributed by atoms with Crippen LogP contribution >= 0.6 is 23.2 Å². The quantitative estimate of drug-likeness (QED) is 0.595. The van der Waals surface area contributed by atoms with Crippen LogP contribution in [0.1, 0.15) is 40.3 Å². The Morgan fingerprint density at radius 2 is 1.90 bits per heavy atom. The van der Waals surface area contributed by atoms with Crippen molar-refractivity contribution < 1.29 is 9.59 Å². The van der Waals surface area contributed by atoms with Gasteiger partial charge in [0.1, 0.15) is 13.5 Å². The largest absolute Gasteiger partial charge is 0.350 e.